The first-order valence-electron chi connectivity index (χ1n) is 11.7. The Bertz CT molecular complexity index is 1200. The lowest BCUT2D eigenvalue weighted by atomic mass is 10.1. The van der Waals surface area contributed by atoms with Gasteiger partial charge in [-0.05, 0) is 49.1 Å². The van der Waals surface area contributed by atoms with Crippen molar-refractivity contribution in [2.24, 2.45) is 7.05 Å². The lowest BCUT2D eigenvalue weighted by Crippen LogP contribution is -2.16. The first-order chi connectivity index (χ1) is 16.6. The van der Waals surface area contributed by atoms with Crippen molar-refractivity contribution in [1.29, 1.82) is 0 Å². The molecule has 9 heteroatoms. The van der Waals surface area contributed by atoms with Crippen LogP contribution >= 0.6 is 23.1 Å². The maximum Gasteiger partial charge on any atom is 0.341 e. The highest BCUT2D eigenvalue weighted by molar-refractivity contribution is 7.99. The first-order valence-corrected chi connectivity index (χ1v) is 13.5. The third kappa shape index (κ3) is 4.63. The molecule has 2 aliphatic carbocycles. The summed E-state index contributed by atoms with van der Waals surface area (Å²) in [6.07, 6.45) is 6.19. The van der Waals surface area contributed by atoms with Gasteiger partial charge in [0.25, 0.3) is 0 Å². The van der Waals surface area contributed by atoms with E-state index in [1.807, 2.05) is 17.7 Å². The zero-order chi connectivity index (χ0) is 23.7. The van der Waals surface area contributed by atoms with Crippen molar-refractivity contribution in [1.82, 2.24) is 14.8 Å². The van der Waals surface area contributed by atoms with Crippen LogP contribution in [0.1, 0.15) is 69.7 Å². The number of carbonyl (C=O) groups excluding carboxylic acids is 2. The number of methoxy groups -OCH3 is 1. The maximum atomic E-state index is 12.8. The van der Waals surface area contributed by atoms with Gasteiger partial charge in [0, 0.05) is 17.8 Å². The molecule has 2 aliphatic rings. The van der Waals surface area contributed by atoms with Crippen molar-refractivity contribution in [2.75, 3.05) is 18.2 Å². The fraction of sp³-hybridized carbons (Fsp3) is 0.440. The average Bonchev–Trinajstić information content (AvgIpc) is 3.52. The lowest BCUT2D eigenvalue weighted by Gasteiger charge is -2.07. The van der Waals surface area contributed by atoms with Gasteiger partial charge >= 0.3 is 5.97 Å². The zero-order valence-electron chi connectivity index (χ0n) is 19.4. The number of hydrogen-bond acceptors (Lipinski definition) is 7. The van der Waals surface area contributed by atoms with Crippen LogP contribution in [0.25, 0.3) is 0 Å². The number of rotatable bonds is 7. The third-order valence-electron chi connectivity index (χ3n) is 6.61. The van der Waals surface area contributed by atoms with Crippen LogP contribution in [0.3, 0.4) is 0 Å². The van der Waals surface area contributed by atoms with E-state index in [2.05, 4.69) is 39.8 Å². The standard InChI is InChI=1S/C25H28N4O3S2/c1-29-22(18-13-17(18)15-9-5-3-6-10-15)27-28-25(29)33-14-20(30)26-23-21(24(31)32-2)16-11-7-4-8-12-19(16)34-23/h3,5-6,9-10,17-18H,4,7-8,11-14H2,1-2H3,(H,26,30). The van der Waals surface area contributed by atoms with Crippen molar-refractivity contribution in [2.45, 2.75) is 55.5 Å². The Kier molecular flexibility index (Phi) is 6.74. The molecule has 0 spiro atoms. The number of amides is 1. The molecule has 2 unspecified atom stereocenters. The number of nitrogens with zero attached hydrogens (tertiary/aromatic N) is 3. The van der Waals surface area contributed by atoms with Crippen molar-refractivity contribution >= 4 is 40.0 Å². The van der Waals surface area contributed by atoms with Gasteiger partial charge in [-0.3, -0.25) is 4.79 Å². The van der Waals surface area contributed by atoms with Gasteiger partial charge in [0.15, 0.2) is 5.16 Å². The molecule has 5 rings (SSSR count). The van der Waals surface area contributed by atoms with Crippen molar-refractivity contribution in [3.63, 3.8) is 0 Å². The summed E-state index contributed by atoms with van der Waals surface area (Å²) in [6, 6.07) is 10.5. The number of thiophene rings is 1. The molecule has 0 radical (unpaired) electrons. The van der Waals surface area contributed by atoms with Gasteiger partial charge < -0.3 is 14.6 Å². The summed E-state index contributed by atoms with van der Waals surface area (Å²) in [5, 5.41) is 13.0. The van der Waals surface area contributed by atoms with Crippen LogP contribution in [0.15, 0.2) is 35.5 Å². The summed E-state index contributed by atoms with van der Waals surface area (Å²) in [4.78, 5) is 26.5. The summed E-state index contributed by atoms with van der Waals surface area (Å²) in [5.41, 5.74) is 2.91. The summed E-state index contributed by atoms with van der Waals surface area (Å²) >= 11 is 2.87. The second-order valence-electron chi connectivity index (χ2n) is 8.86. The highest BCUT2D eigenvalue weighted by Gasteiger charge is 2.43. The van der Waals surface area contributed by atoms with Crippen molar-refractivity contribution in [3.8, 4) is 0 Å². The second-order valence-corrected chi connectivity index (χ2v) is 10.9. The van der Waals surface area contributed by atoms with Gasteiger partial charge in [-0.15, -0.1) is 21.5 Å². The zero-order valence-corrected chi connectivity index (χ0v) is 21.0. The number of thioether (sulfide) groups is 1. The van der Waals surface area contributed by atoms with Gasteiger partial charge in [-0.2, -0.15) is 0 Å². The molecule has 1 saturated carbocycles. The molecule has 0 aliphatic heterocycles. The van der Waals surface area contributed by atoms with E-state index in [0.717, 1.165) is 55.1 Å². The Balaban J connectivity index is 1.24. The van der Waals surface area contributed by atoms with E-state index < -0.39 is 0 Å². The molecule has 1 fully saturated rings. The molecule has 2 heterocycles. The Morgan fingerprint density at radius 1 is 1.15 bits per heavy atom. The smallest absolute Gasteiger partial charge is 0.341 e. The quantitative estimate of drug-likeness (QED) is 0.283. The van der Waals surface area contributed by atoms with Crippen LogP contribution in [0, 0.1) is 0 Å². The molecular formula is C25H28N4O3S2. The lowest BCUT2D eigenvalue weighted by molar-refractivity contribution is -0.113. The number of hydrogen-bond donors (Lipinski definition) is 1. The number of carbonyl (C=O) groups is 2. The number of benzene rings is 1. The predicted molar refractivity (Wildman–Crippen MR) is 134 cm³/mol. The number of ether oxygens (including phenoxy) is 1. The SMILES string of the molecule is COC(=O)c1c(NC(=O)CSc2nnc(C3CC3c3ccccc3)n2C)sc2c1CCCCC2. The monoisotopic (exact) mass is 496 g/mol. The molecule has 178 valence electrons. The van der Waals surface area contributed by atoms with E-state index in [1.54, 1.807) is 0 Å². The van der Waals surface area contributed by atoms with Crippen LogP contribution in [0.5, 0.6) is 0 Å². The minimum absolute atomic E-state index is 0.162. The molecule has 2 atom stereocenters. The molecule has 0 bridgehead atoms. The van der Waals surface area contributed by atoms with E-state index >= 15 is 0 Å². The van der Waals surface area contributed by atoms with Gasteiger partial charge in [-0.1, -0.05) is 48.5 Å². The number of aryl methyl sites for hydroxylation is 1. The molecule has 7 nitrogen and oxygen atoms in total. The molecule has 1 aromatic carbocycles. The Morgan fingerprint density at radius 3 is 2.74 bits per heavy atom. The van der Waals surface area contributed by atoms with Gasteiger partial charge in [0.2, 0.25) is 5.91 Å². The summed E-state index contributed by atoms with van der Waals surface area (Å²) < 4.78 is 7.03. The van der Waals surface area contributed by atoms with Crippen LogP contribution in [0.2, 0.25) is 0 Å². The molecule has 1 N–H and O–H groups in total. The van der Waals surface area contributed by atoms with Gasteiger partial charge in [0.05, 0.1) is 18.4 Å². The van der Waals surface area contributed by atoms with E-state index in [1.165, 1.54) is 40.6 Å². The number of nitrogens with one attached hydrogen (secondary N) is 1. The molecule has 3 aromatic rings. The number of esters is 1. The molecule has 1 amide bonds. The fourth-order valence-electron chi connectivity index (χ4n) is 4.77. The largest absolute Gasteiger partial charge is 0.465 e. The third-order valence-corrected chi connectivity index (χ3v) is 8.84. The second kappa shape index (κ2) is 9.92. The maximum absolute atomic E-state index is 12.8. The molecular weight excluding hydrogens is 468 g/mol. The average molecular weight is 497 g/mol. The highest BCUT2D eigenvalue weighted by atomic mass is 32.2. The molecule has 34 heavy (non-hydrogen) atoms. The van der Waals surface area contributed by atoms with Crippen molar-refractivity contribution in [3.05, 3.63) is 57.7 Å². The highest BCUT2D eigenvalue weighted by Crippen LogP contribution is 2.54. The van der Waals surface area contributed by atoms with Crippen LogP contribution < -0.4 is 5.32 Å². The van der Waals surface area contributed by atoms with Crippen molar-refractivity contribution < 1.29 is 14.3 Å². The summed E-state index contributed by atoms with van der Waals surface area (Å²) in [7, 11) is 3.35. The van der Waals surface area contributed by atoms with E-state index in [-0.39, 0.29) is 17.6 Å². The van der Waals surface area contributed by atoms with E-state index in [4.69, 9.17) is 4.74 Å². The Labute approximate surface area is 207 Å². The van der Waals surface area contributed by atoms with Gasteiger partial charge in [-0.25, -0.2) is 4.79 Å². The van der Waals surface area contributed by atoms with Crippen LogP contribution in [-0.4, -0.2) is 39.5 Å². The minimum Gasteiger partial charge on any atom is -0.465 e. The Hall–Kier alpha value is -2.65. The topological polar surface area (TPSA) is 86.1 Å². The summed E-state index contributed by atoms with van der Waals surface area (Å²) in [6.45, 7) is 0. The Morgan fingerprint density at radius 2 is 1.94 bits per heavy atom. The minimum atomic E-state index is -0.377. The van der Waals surface area contributed by atoms with Crippen LogP contribution in [-0.2, 0) is 29.4 Å². The normalized spacial score (nSPS) is 19.2. The first kappa shape index (κ1) is 23.1. The molecule has 2 aromatic heterocycles. The van der Waals surface area contributed by atoms with E-state index in [9.17, 15) is 9.59 Å². The number of fused-ring (bicyclic) bond motifs is 1. The number of anilines is 1. The predicted octanol–water partition coefficient (Wildman–Crippen LogP) is 4.93. The fourth-order valence-corrected chi connectivity index (χ4v) is 6.78. The number of aromatic nitrogens is 3. The van der Waals surface area contributed by atoms with Gasteiger partial charge in [0.1, 0.15) is 10.8 Å². The van der Waals surface area contributed by atoms with Crippen LogP contribution in [0.4, 0.5) is 5.00 Å². The molecule has 0 saturated heterocycles. The summed E-state index contributed by atoms with van der Waals surface area (Å²) in [5.74, 6) is 1.47. The van der Waals surface area contributed by atoms with E-state index in [0.29, 0.717) is 22.4 Å².